The van der Waals surface area contributed by atoms with Crippen molar-refractivity contribution in [1.29, 1.82) is 5.26 Å². The van der Waals surface area contributed by atoms with Gasteiger partial charge in [0, 0.05) is 11.3 Å². The summed E-state index contributed by atoms with van der Waals surface area (Å²) in [5, 5.41) is 8.59. The molecule has 0 heterocycles. The van der Waals surface area contributed by atoms with Gasteiger partial charge in [-0.2, -0.15) is 5.26 Å². The molecule has 0 amide bonds. The molecule has 0 aromatic heterocycles. The van der Waals surface area contributed by atoms with E-state index in [1.165, 1.54) is 6.92 Å². The normalized spacial score (nSPS) is 11.4. The summed E-state index contributed by atoms with van der Waals surface area (Å²) in [6.45, 7) is 5.04. The summed E-state index contributed by atoms with van der Waals surface area (Å²) in [6.07, 6.45) is 0.667. The van der Waals surface area contributed by atoms with Crippen molar-refractivity contribution in [2.75, 3.05) is 0 Å². The Morgan fingerprint density at radius 1 is 1.50 bits per heavy atom. The number of aliphatic imine (C=N–C) groups is 1. The SMILES string of the molecule is CCC(C)=Nc1c(F)cc(C#N)c(F)c1C. The average molecular weight is 222 g/mol. The largest absolute Gasteiger partial charge is 0.255 e. The monoisotopic (exact) mass is 222 g/mol. The molecule has 0 saturated carbocycles. The standard InChI is InChI=1S/C12H12F2N2/c1-4-7(2)16-12-8(3)11(14)9(6-15)5-10(12)13/h5H,4H2,1-3H3. The molecule has 1 aromatic rings. The van der Waals surface area contributed by atoms with Crippen LogP contribution in [0.5, 0.6) is 0 Å². The Morgan fingerprint density at radius 3 is 2.62 bits per heavy atom. The molecule has 16 heavy (non-hydrogen) atoms. The van der Waals surface area contributed by atoms with Crippen LogP contribution in [0.3, 0.4) is 0 Å². The second-order valence-corrected chi connectivity index (χ2v) is 3.51. The third-order valence-corrected chi connectivity index (χ3v) is 2.35. The van der Waals surface area contributed by atoms with E-state index >= 15 is 0 Å². The highest BCUT2D eigenvalue weighted by molar-refractivity contribution is 5.84. The summed E-state index contributed by atoms with van der Waals surface area (Å²) in [5.41, 5.74) is 0.481. The molecule has 0 aliphatic carbocycles. The van der Waals surface area contributed by atoms with Gasteiger partial charge in [-0.1, -0.05) is 6.92 Å². The lowest BCUT2D eigenvalue weighted by atomic mass is 10.1. The van der Waals surface area contributed by atoms with E-state index in [2.05, 4.69) is 4.99 Å². The highest BCUT2D eigenvalue weighted by Gasteiger charge is 2.14. The number of hydrogen-bond acceptors (Lipinski definition) is 2. The molecule has 4 heteroatoms. The number of nitrogens with zero attached hydrogens (tertiary/aromatic N) is 2. The molecule has 2 nitrogen and oxygen atoms in total. The number of hydrogen-bond donors (Lipinski definition) is 0. The Bertz CT molecular complexity index is 485. The van der Waals surface area contributed by atoms with Gasteiger partial charge in [0.1, 0.15) is 17.6 Å². The molecule has 0 saturated heterocycles. The molecule has 0 N–H and O–H groups in total. The first kappa shape index (κ1) is 12.3. The minimum atomic E-state index is -0.702. The summed E-state index contributed by atoms with van der Waals surface area (Å²) in [7, 11) is 0. The lowest BCUT2D eigenvalue weighted by Gasteiger charge is -2.06. The summed E-state index contributed by atoms with van der Waals surface area (Å²) in [4.78, 5) is 4.01. The van der Waals surface area contributed by atoms with Crippen molar-refractivity contribution in [1.82, 2.24) is 0 Å². The fourth-order valence-electron chi connectivity index (χ4n) is 1.23. The molecule has 1 rings (SSSR count). The number of halogens is 2. The number of nitriles is 1. The lowest BCUT2D eigenvalue weighted by molar-refractivity contribution is 0.591. The van der Waals surface area contributed by atoms with Gasteiger partial charge >= 0.3 is 0 Å². The maximum absolute atomic E-state index is 13.5. The molecular formula is C12H12F2N2. The summed E-state index contributed by atoms with van der Waals surface area (Å²) >= 11 is 0. The second kappa shape index (κ2) is 4.84. The summed E-state index contributed by atoms with van der Waals surface area (Å²) in [6, 6.07) is 2.49. The van der Waals surface area contributed by atoms with E-state index in [1.807, 2.05) is 6.92 Å². The van der Waals surface area contributed by atoms with Gasteiger partial charge in [0.15, 0.2) is 5.82 Å². The first-order chi connectivity index (χ1) is 7.51. The fourth-order valence-corrected chi connectivity index (χ4v) is 1.23. The van der Waals surface area contributed by atoms with E-state index in [1.54, 1.807) is 13.0 Å². The zero-order valence-corrected chi connectivity index (χ0v) is 9.43. The molecule has 0 radical (unpaired) electrons. The van der Waals surface area contributed by atoms with Crippen LogP contribution < -0.4 is 0 Å². The molecule has 0 spiro atoms. The zero-order valence-electron chi connectivity index (χ0n) is 9.43. The van der Waals surface area contributed by atoms with E-state index in [9.17, 15) is 8.78 Å². The van der Waals surface area contributed by atoms with Gasteiger partial charge in [0.25, 0.3) is 0 Å². The highest BCUT2D eigenvalue weighted by atomic mass is 19.1. The maximum atomic E-state index is 13.5. The van der Waals surface area contributed by atoms with Crippen molar-refractivity contribution in [2.45, 2.75) is 27.2 Å². The van der Waals surface area contributed by atoms with Gasteiger partial charge in [-0.25, -0.2) is 8.78 Å². The van der Waals surface area contributed by atoms with Gasteiger partial charge in [0.05, 0.1) is 5.56 Å². The van der Waals surface area contributed by atoms with E-state index in [-0.39, 0.29) is 16.8 Å². The van der Waals surface area contributed by atoms with E-state index in [0.29, 0.717) is 12.1 Å². The Labute approximate surface area is 93.2 Å². The van der Waals surface area contributed by atoms with Crippen LogP contribution in [-0.2, 0) is 0 Å². The third kappa shape index (κ3) is 2.25. The molecule has 1 aromatic carbocycles. The topological polar surface area (TPSA) is 36.1 Å². The van der Waals surface area contributed by atoms with E-state index in [0.717, 1.165) is 6.07 Å². The fraction of sp³-hybridized carbons (Fsp3) is 0.333. The molecule has 84 valence electrons. The van der Waals surface area contributed by atoms with Crippen LogP contribution in [0.2, 0.25) is 0 Å². The number of rotatable bonds is 2. The lowest BCUT2D eigenvalue weighted by Crippen LogP contribution is -1.95. The first-order valence-electron chi connectivity index (χ1n) is 4.94. The van der Waals surface area contributed by atoms with Gasteiger partial charge in [-0.15, -0.1) is 0 Å². The van der Waals surface area contributed by atoms with Crippen LogP contribution in [0, 0.1) is 29.9 Å². The second-order valence-electron chi connectivity index (χ2n) is 3.51. The van der Waals surface area contributed by atoms with Crippen LogP contribution >= 0.6 is 0 Å². The van der Waals surface area contributed by atoms with E-state index in [4.69, 9.17) is 5.26 Å². The zero-order chi connectivity index (χ0) is 12.3. The van der Waals surface area contributed by atoms with Crippen LogP contribution in [0.25, 0.3) is 0 Å². The summed E-state index contributed by atoms with van der Waals surface area (Å²) in [5.74, 6) is -1.37. The van der Waals surface area contributed by atoms with Gasteiger partial charge < -0.3 is 0 Å². The van der Waals surface area contributed by atoms with Gasteiger partial charge in [-0.3, -0.25) is 4.99 Å². The van der Waals surface area contributed by atoms with Crippen LogP contribution in [0.1, 0.15) is 31.4 Å². The minimum absolute atomic E-state index is 0.0177. The Morgan fingerprint density at radius 2 is 2.12 bits per heavy atom. The van der Waals surface area contributed by atoms with Gasteiger partial charge in [0.2, 0.25) is 0 Å². The van der Waals surface area contributed by atoms with Crippen LogP contribution in [0.4, 0.5) is 14.5 Å². The molecule has 0 aliphatic rings. The minimum Gasteiger partial charge on any atom is -0.255 e. The highest BCUT2D eigenvalue weighted by Crippen LogP contribution is 2.27. The summed E-state index contributed by atoms with van der Waals surface area (Å²) < 4.78 is 27.1. The molecule has 0 fully saturated rings. The molecule has 0 bridgehead atoms. The Kier molecular flexibility index (Phi) is 3.73. The van der Waals surface area contributed by atoms with Gasteiger partial charge in [-0.05, 0) is 26.3 Å². The van der Waals surface area contributed by atoms with Crippen LogP contribution in [0.15, 0.2) is 11.1 Å². The quantitative estimate of drug-likeness (QED) is 0.703. The predicted octanol–water partition coefficient (Wildman–Crippen LogP) is 3.65. The van der Waals surface area contributed by atoms with Crippen molar-refractivity contribution >= 4 is 11.4 Å². The van der Waals surface area contributed by atoms with Crippen molar-refractivity contribution in [3.8, 4) is 6.07 Å². The Balaban J connectivity index is 3.44. The van der Waals surface area contributed by atoms with Crippen molar-refractivity contribution in [3.63, 3.8) is 0 Å². The molecule has 0 aliphatic heterocycles. The smallest absolute Gasteiger partial charge is 0.150 e. The van der Waals surface area contributed by atoms with Crippen molar-refractivity contribution in [2.24, 2.45) is 4.99 Å². The predicted molar refractivity (Wildman–Crippen MR) is 58.9 cm³/mol. The Hall–Kier alpha value is -1.76. The van der Waals surface area contributed by atoms with Crippen molar-refractivity contribution < 1.29 is 8.78 Å². The molecule has 0 unspecified atom stereocenters. The molecule has 0 atom stereocenters. The first-order valence-corrected chi connectivity index (χ1v) is 4.94. The molecular weight excluding hydrogens is 210 g/mol. The van der Waals surface area contributed by atoms with Crippen LogP contribution in [-0.4, -0.2) is 5.71 Å². The number of benzene rings is 1. The average Bonchev–Trinajstić information content (AvgIpc) is 2.28. The van der Waals surface area contributed by atoms with E-state index < -0.39 is 11.6 Å². The maximum Gasteiger partial charge on any atom is 0.150 e. The third-order valence-electron chi connectivity index (χ3n) is 2.35. The van der Waals surface area contributed by atoms with Crippen molar-refractivity contribution in [3.05, 3.63) is 28.8 Å².